The lowest BCUT2D eigenvalue weighted by Gasteiger charge is -2.24. The third-order valence-corrected chi connectivity index (χ3v) is 8.68. The zero-order chi connectivity index (χ0) is 31.1. The van der Waals surface area contributed by atoms with Crippen LogP contribution in [0.1, 0.15) is 50.8 Å². The van der Waals surface area contributed by atoms with E-state index in [1.54, 1.807) is 54.8 Å². The van der Waals surface area contributed by atoms with Gasteiger partial charge in [-0.05, 0) is 49.2 Å². The normalized spacial score (nSPS) is 16.1. The number of carbonyl (C=O) groups excluding carboxylic acids is 3. The number of fused-ring (bicyclic) bond motifs is 1. The summed E-state index contributed by atoms with van der Waals surface area (Å²) in [6, 6.07) is 19.0. The number of amides is 1. The zero-order valence-electron chi connectivity index (χ0n) is 24.4. The molecule has 1 saturated heterocycles. The van der Waals surface area contributed by atoms with Gasteiger partial charge < -0.3 is 14.6 Å². The Morgan fingerprint density at radius 2 is 1.73 bits per heavy atom. The number of aryl methyl sites for hydroxylation is 2. The number of aliphatic hydroxyl groups is 1. The summed E-state index contributed by atoms with van der Waals surface area (Å²) in [6.07, 6.45) is 1.72. The molecular weight excluding hydrogens is 580 g/mol. The maximum absolute atomic E-state index is 13.8. The SMILES string of the molecule is COc1cc(C2/C(=C(\O)c3c(C)nc4ccccn34)C(=O)C(=O)N2c2nc(C)c(C(C)=O)s2)ccc1OCc1ccccc1. The standard InChI is InChI=1S/C33H28N4O6S/c1-18-27(36-15-9-8-12-25(36)34-18)29(39)26-28(37(32(41)30(26)40)33-35-19(2)31(44-33)20(3)38)22-13-14-23(24(16-22)42-4)43-17-21-10-6-5-7-11-21/h5-16,28,39H,17H2,1-4H3/b29-26+. The maximum Gasteiger partial charge on any atom is 0.301 e. The average molecular weight is 609 g/mol. The van der Waals surface area contributed by atoms with E-state index in [9.17, 15) is 19.5 Å². The van der Waals surface area contributed by atoms with Crippen LogP contribution in [-0.4, -0.2) is 44.1 Å². The Labute approximate surface area is 256 Å². The minimum Gasteiger partial charge on any atom is -0.505 e. The van der Waals surface area contributed by atoms with Gasteiger partial charge in [0.1, 0.15) is 17.9 Å². The van der Waals surface area contributed by atoms with Gasteiger partial charge in [0.25, 0.3) is 5.78 Å². The number of rotatable bonds is 8. The third-order valence-electron chi connectivity index (χ3n) is 7.42. The fourth-order valence-corrected chi connectivity index (χ4v) is 6.38. The molecule has 10 nitrogen and oxygen atoms in total. The molecule has 1 amide bonds. The van der Waals surface area contributed by atoms with Crippen molar-refractivity contribution in [1.29, 1.82) is 0 Å². The van der Waals surface area contributed by atoms with Crippen LogP contribution in [0.25, 0.3) is 11.4 Å². The molecular formula is C33H28N4O6S. The summed E-state index contributed by atoms with van der Waals surface area (Å²) in [5.41, 5.74) is 3.08. The highest BCUT2D eigenvalue weighted by molar-refractivity contribution is 7.18. The molecule has 1 aliphatic rings. The molecule has 0 saturated carbocycles. The highest BCUT2D eigenvalue weighted by Gasteiger charge is 2.49. The molecule has 1 aliphatic heterocycles. The van der Waals surface area contributed by atoms with Crippen molar-refractivity contribution in [3.8, 4) is 11.5 Å². The molecule has 1 atom stereocenters. The molecule has 5 aromatic rings. The number of nitrogens with zero attached hydrogens (tertiary/aromatic N) is 4. The number of Topliss-reactive ketones (excluding diaryl/α,β-unsaturated/α-hetero) is 2. The molecule has 1 unspecified atom stereocenters. The van der Waals surface area contributed by atoms with E-state index < -0.39 is 17.7 Å². The highest BCUT2D eigenvalue weighted by Crippen LogP contribution is 2.46. The molecule has 11 heteroatoms. The lowest BCUT2D eigenvalue weighted by Crippen LogP contribution is -2.29. The quantitative estimate of drug-likeness (QED) is 0.101. The van der Waals surface area contributed by atoms with Crippen LogP contribution in [0.2, 0.25) is 0 Å². The Bertz CT molecular complexity index is 1980. The molecule has 44 heavy (non-hydrogen) atoms. The smallest absolute Gasteiger partial charge is 0.301 e. The number of carbonyl (C=O) groups is 3. The summed E-state index contributed by atoms with van der Waals surface area (Å²) in [7, 11) is 1.50. The molecule has 2 aromatic carbocycles. The van der Waals surface area contributed by atoms with Crippen LogP contribution in [0.3, 0.4) is 0 Å². The van der Waals surface area contributed by atoms with E-state index >= 15 is 0 Å². The molecule has 0 aliphatic carbocycles. The molecule has 222 valence electrons. The third kappa shape index (κ3) is 4.90. The van der Waals surface area contributed by atoms with Crippen molar-refractivity contribution < 1.29 is 29.0 Å². The van der Waals surface area contributed by atoms with Gasteiger partial charge in [-0.25, -0.2) is 9.97 Å². The Kier molecular flexibility index (Phi) is 7.48. The van der Waals surface area contributed by atoms with Gasteiger partial charge in [0, 0.05) is 13.1 Å². The number of ether oxygens (including phenoxy) is 2. The van der Waals surface area contributed by atoms with E-state index in [0.717, 1.165) is 16.9 Å². The van der Waals surface area contributed by atoms with Gasteiger partial charge in [0.15, 0.2) is 28.2 Å². The number of benzene rings is 2. The van der Waals surface area contributed by atoms with Gasteiger partial charge in [-0.15, -0.1) is 0 Å². The highest BCUT2D eigenvalue weighted by atomic mass is 32.1. The molecule has 1 N–H and O–H groups in total. The molecule has 0 spiro atoms. The number of hydrogen-bond acceptors (Lipinski definition) is 9. The minimum atomic E-state index is -1.09. The molecule has 0 radical (unpaired) electrons. The van der Waals surface area contributed by atoms with Gasteiger partial charge in [-0.2, -0.15) is 0 Å². The zero-order valence-corrected chi connectivity index (χ0v) is 25.2. The van der Waals surface area contributed by atoms with Crippen LogP contribution in [0.5, 0.6) is 11.5 Å². The van der Waals surface area contributed by atoms with Crippen molar-refractivity contribution in [3.05, 3.63) is 112 Å². The van der Waals surface area contributed by atoms with Crippen molar-refractivity contribution in [2.45, 2.75) is 33.4 Å². The van der Waals surface area contributed by atoms with Crippen molar-refractivity contribution in [2.24, 2.45) is 0 Å². The van der Waals surface area contributed by atoms with Gasteiger partial charge in [-0.1, -0.05) is 53.8 Å². The number of aromatic nitrogens is 3. The number of ketones is 2. The van der Waals surface area contributed by atoms with Crippen LogP contribution in [0.15, 0.2) is 78.5 Å². The lowest BCUT2D eigenvalue weighted by atomic mass is 9.96. The Morgan fingerprint density at radius 1 is 0.977 bits per heavy atom. The number of anilines is 1. The van der Waals surface area contributed by atoms with Gasteiger partial charge >= 0.3 is 5.91 Å². The predicted molar refractivity (Wildman–Crippen MR) is 165 cm³/mol. The first-order chi connectivity index (χ1) is 21.2. The van der Waals surface area contributed by atoms with Gasteiger partial charge in [0.05, 0.1) is 35.0 Å². The summed E-state index contributed by atoms with van der Waals surface area (Å²) in [6.45, 7) is 5.11. The summed E-state index contributed by atoms with van der Waals surface area (Å²) >= 11 is 1.02. The second-order valence-corrected chi connectivity index (χ2v) is 11.3. The van der Waals surface area contributed by atoms with E-state index in [0.29, 0.717) is 45.6 Å². The molecule has 1 fully saturated rings. The average Bonchev–Trinajstić information content (AvgIpc) is 3.66. The van der Waals surface area contributed by atoms with Crippen molar-refractivity contribution >= 4 is 45.3 Å². The first-order valence-corrected chi connectivity index (χ1v) is 14.6. The first kappa shape index (κ1) is 28.8. The number of pyridine rings is 1. The van der Waals surface area contributed by atoms with E-state index in [1.807, 2.05) is 36.4 Å². The minimum absolute atomic E-state index is 0.138. The van der Waals surface area contributed by atoms with Gasteiger partial charge in [0.2, 0.25) is 0 Å². The van der Waals surface area contributed by atoms with Crippen LogP contribution >= 0.6 is 11.3 Å². The van der Waals surface area contributed by atoms with Crippen molar-refractivity contribution in [2.75, 3.05) is 12.0 Å². The fraction of sp³-hybridized carbons (Fsp3) is 0.182. The van der Waals surface area contributed by atoms with Crippen molar-refractivity contribution in [1.82, 2.24) is 14.4 Å². The largest absolute Gasteiger partial charge is 0.505 e. The van der Waals surface area contributed by atoms with E-state index in [2.05, 4.69) is 9.97 Å². The fourth-order valence-electron chi connectivity index (χ4n) is 5.39. The summed E-state index contributed by atoms with van der Waals surface area (Å²) in [4.78, 5) is 50.4. The molecule has 0 bridgehead atoms. The number of methoxy groups -OCH3 is 1. The Morgan fingerprint density at radius 3 is 2.43 bits per heavy atom. The maximum atomic E-state index is 13.8. The lowest BCUT2D eigenvalue weighted by molar-refractivity contribution is -0.132. The Balaban J connectivity index is 1.52. The second kappa shape index (κ2) is 11.4. The van der Waals surface area contributed by atoms with Crippen LogP contribution in [0, 0.1) is 13.8 Å². The topological polar surface area (TPSA) is 123 Å². The molecule has 6 rings (SSSR count). The van der Waals surface area contributed by atoms with Crippen molar-refractivity contribution in [3.63, 3.8) is 0 Å². The van der Waals surface area contributed by atoms with Crippen LogP contribution in [-0.2, 0) is 16.2 Å². The second-order valence-electron chi connectivity index (χ2n) is 10.3. The van der Waals surface area contributed by atoms with Crippen LogP contribution < -0.4 is 14.4 Å². The summed E-state index contributed by atoms with van der Waals surface area (Å²) in [5, 5.41) is 12.0. The van der Waals surface area contributed by atoms with E-state index in [4.69, 9.17) is 9.47 Å². The molecule has 4 heterocycles. The van der Waals surface area contributed by atoms with E-state index in [-0.39, 0.29) is 27.9 Å². The van der Waals surface area contributed by atoms with Gasteiger partial charge in [-0.3, -0.25) is 23.7 Å². The number of aliphatic hydroxyl groups excluding tert-OH is 1. The number of imidazole rings is 1. The predicted octanol–water partition coefficient (Wildman–Crippen LogP) is 5.82. The molecule has 3 aromatic heterocycles. The Hall–Kier alpha value is -5.29. The van der Waals surface area contributed by atoms with Crippen LogP contribution in [0.4, 0.5) is 5.13 Å². The number of hydrogen-bond donors (Lipinski definition) is 1. The summed E-state index contributed by atoms with van der Waals surface area (Å²) < 4.78 is 13.4. The number of thiazole rings is 1. The summed E-state index contributed by atoms with van der Waals surface area (Å²) in [5.74, 6) is -1.53. The van der Waals surface area contributed by atoms with E-state index in [1.165, 1.54) is 18.9 Å². The monoisotopic (exact) mass is 608 g/mol. The first-order valence-electron chi connectivity index (χ1n) is 13.8.